The van der Waals surface area contributed by atoms with Crippen LogP contribution in [0.2, 0.25) is 0 Å². The zero-order valence-corrected chi connectivity index (χ0v) is 7.28. The van der Waals surface area contributed by atoms with Gasteiger partial charge in [-0.15, -0.1) is 0 Å². The quantitative estimate of drug-likeness (QED) is 0.580. The molecule has 68 valence electrons. The van der Waals surface area contributed by atoms with Crippen LogP contribution in [0.1, 0.15) is 6.92 Å². The van der Waals surface area contributed by atoms with E-state index in [1.54, 1.807) is 13.4 Å². The third-order valence-electron chi connectivity index (χ3n) is 2.31. The average molecular weight is 170 g/mol. The van der Waals surface area contributed by atoms with E-state index in [-0.39, 0.29) is 24.5 Å². The molecule has 0 saturated carbocycles. The number of methoxy groups -OCH3 is 1. The Labute approximate surface area is 71.9 Å². The highest BCUT2D eigenvalue weighted by atomic mass is 16.5. The van der Waals surface area contributed by atoms with Gasteiger partial charge >= 0.3 is 0 Å². The predicted octanol–water partition coefficient (Wildman–Crippen LogP) is -0.0161. The van der Waals surface area contributed by atoms with Gasteiger partial charge in [-0.05, 0) is 13.0 Å². The largest absolute Gasteiger partial charge is 0.482 e. The molecule has 4 heteroatoms. The van der Waals surface area contributed by atoms with E-state index in [4.69, 9.17) is 9.47 Å². The second-order valence-electron chi connectivity index (χ2n) is 3.17. The molecular formula is C8H14N2O2. The third kappa shape index (κ3) is 1.22. The molecule has 2 aliphatic rings. The van der Waals surface area contributed by atoms with Crippen molar-refractivity contribution in [3.8, 4) is 0 Å². The minimum Gasteiger partial charge on any atom is -0.482 e. The Morgan fingerprint density at radius 1 is 1.42 bits per heavy atom. The second-order valence-corrected chi connectivity index (χ2v) is 3.17. The Kier molecular flexibility index (Phi) is 2.04. The molecular weight excluding hydrogens is 156 g/mol. The lowest BCUT2D eigenvalue weighted by Gasteiger charge is -2.37. The summed E-state index contributed by atoms with van der Waals surface area (Å²) in [7, 11) is 1.71. The lowest BCUT2D eigenvalue weighted by atomic mass is 10.0. The van der Waals surface area contributed by atoms with E-state index in [1.807, 2.05) is 13.0 Å². The number of rotatable bonds is 1. The monoisotopic (exact) mass is 170 g/mol. The fourth-order valence-electron chi connectivity index (χ4n) is 1.70. The Morgan fingerprint density at radius 3 is 3.00 bits per heavy atom. The lowest BCUT2D eigenvalue weighted by molar-refractivity contribution is -0.0579. The van der Waals surface area contributed by atoms with Gasteiger partial charge in [0.2, 0.25) is 0 Å². The number of nitrogens with one attached hydrogen (secondary N) is 2. The number of ether oxygens (including phenoxy) is 2. The molecule has 0 aromatic rings. The van der Waals surface area contributed by atoms with Crippen molar-refractivity contribution in [1.82, 2.24) is 10.6 Å². The Hall–Kier alpha value is -0.580. The van der Waals surface area contributed by atoms with Crippen LogP contribution in [0.3, 0.4) is 0 Å². The molecule has 4 atom stereocenters. The number of hydrogen-bond acceptors (Lipinski definition) is 4. The predicted molar refractivity (Wildman–Crippen MR) is 44.0 cm³/mol. The summed E-state index contributed by atoms with van der Waals surface area (Å²) < 4.78 is 10.6. The molecule has 1 fully saturated rings. The number of fused-ring (bicyclic) bond motifs is 1. The normalized spacial score (nSPS) is 45.5. The molecule has 0 radical (unpaired) electrons. The summed E-state index contributed by atoms with van der Waals surface area (Å²) in [6.45, 7) is 2.05. The summed E-state index contributed by atoms with van der Waals surface area (Å²) in [5.41, 5.74) is 0. The summed E-state index contributed by atoms with van der Waals surface area (Å²) in [6, 6.07) is 0. The van der Waals surface area contributed by atoms with E-state index in [1.165, 1.54) is 0 Å². The standard InChI is InChI=1S/C8H14N2O2/c1-5-9-7(11-2)6-3-4-12-8(6)10-5/h3-10H,1-2H3. The van der Waals surface area contributed by atoms with E-state index in [2.05, 4.69) is 10.6 Å². The Morgan fingerprint density at radius 2 is 2.25 bits per heavy atom. The summed E-state index contributed by atoms with van der Waals surface area (Å²) in [4.78, 5) is 0. The molecule has 4 unspecified atom stereocenters. The summed E-state index contributed by atoms with van der Waals surface area (Å²) in [5, 5.41) is 6.54. The van der Waals surface area contributed by atoms with Crippen LogP contribution in [0.5, 0.6) is 0 Å². The van der Waals surface area contributed by atoms with Gasteiger partial charge in [-0.3, -0.25) is 10.6 Å². The van der Waals surface area contributed by atoms with Gasteiger partial charge in [-0.25, -0.2) is 0 Å². The summed E-state index contributed by atoms with van der Waals surface area (Å²) in [5.74, 6) is 0.284. The molecule has 2 aliphatic heterocycles. The average Bonchev–Trinajstić information content (AvgIpc) is 2.50. The molecule has 0 aliphatic carbocycles. The van der Waals surface area contributed by atoms with Crippen molar-refractivity contribution in [3.63, 3.8) is 0 Å². The van der Waals surface area contributed by atoms with Gasteiger partial charge in [-0.2, -0.15) is 0 Å². The summed E-state index contributed by atoms with van der Waals surface area (Å²) in [6.07, 6.45) is 4.12. The first-order valence-electron chi connectivity index (χ1n) is 4.18. The fourth-order valence-corrected chi connectivity index (χ4v) is 1.70. The highest BCUT2D eigenvalue weighted by Gasteiger charge is 2.37. The molecule has 4 nitrogen and oxygen atoms in total. The second kappa shape index (κ2) is 3.05. The summed E-state index contributed by atoms with van der Waals surface area (Å²) >= 11 is 0. The minimum atomic E-state index is 0.0602. The molecule has 0 spiro atoms. The van der Waals surface area contributed by atoms with Crippen LogP contribution in [0.15, 0.2) is 12.3 Å². The van der Waals surface area contributed by atoms with Crippen LogP contribution in [0.25, 0.3) is 0 Å². The van der Waals surface area contributed by atoms with Gasteiger partial charge in [-0.1, -0.05) is 0 Å². The highest BCUT2D eigenvalue weighted by Crippen LogP contribution is 2.23. The van der Waals surface area contributed by atoms with Crippen LogP contribution < -0.4 is 10.6 Å². The minimum absolute atomic E-state index is 0.0602. The third-order valence-corrected chi connectivity index (χ3v) is 2.31. The van der Waals surface area contributed by atoms with E-state index >= 15 is 0 Å². The topological polar surface area (TPSA) is 42.5 Å². The Bertz CT molecular complexity index is 195. The smallest absolute Gasteiger partial charge is 0.160 e. The van der Waals surface area contributed by atoms with Crippen molar-refractivity contribution in [3.05, 3.63) is 12.3 Å². The molecule has 0 aromatic carbocycles. The zero-order chi connectivity index (χ0) is 8.55. The van der Waals surface area contributed by atoms with E-state index in [0.717, 1.165) is 0 Å². The molecule has 0 aromatic heterocycles. The molecule has 0 bridgehead atoms. The van der Waals surface area contributed by atoms with E-state index in [9.17, 15) is 0 Å². The zero-order valence-electron chi connectivity index (χ0n) is 7.28. The molecule has 1 saturated heterocycles. The van der Waals surface area contributed by atoms with Crippen molar-refractivity contribution in [1.29, 1.82) is 0 Å². The Balaban J connectivity index is 2.07. The van der Waals surface area contributed by atoms with Crippen LogP contribution in [0, 0.1) is 5.92 Å². The fraction of sp³-hybridized carbons (Fsp3) is 0.750. The van der Waals surface area contributed by atoms with Crippen molar-refractivity contribution in [2.45, 2.75) is 25.5 Å². The molecule has 12 heavy (non-hydrogen) atoms. The van der Waals surface area contributed by atoms with Crippen molar-refractivity contribution in [2.75, 3.05) is 7.11 Å². The van der Waals surface area contributed by atoms with Gasteiger partial charge in [0.15, 0.2) is 6.23 Å². The van der Waals surface area contributed by atoms with Gasteiger partial charge in [0, 0.05) is 7.11 Å². The van der Waals surface area contributed by atoms with Crippen molar-refractivity contribution < 1.29 is 9.47 Å². The van der Waals surface area contributed by atoms with Crippen LogP contribution in [-0.4, -0.2) is 25.7 Å². The van der Waals surface area contributed by atoms with E-state index < -0.39 is 0 Å². The SMILES string of the molecule is COC1NC(C)NC2OC=CC12. The van der Waals surface area contributed by atoms with Gasteiger partial charge in [0.05, 0.1) is 18.3 Å². The van der Waals surface area contributed by atoms with Gasteiger partial charge in [0.25, 0.3) is 0 Å². The van der Waals surface area contributed by atoms with Crippen molar-refractivity contribution in [2.24, 2.45) is 5.92 Å². The first kappa shape index (κ1) is 8.04. The first-order valence-corrected chi connectivity index (χ1v) is 4.18. The van der Waals surface area contributed by atoms with Gasteiger partial charge in [0.1, 0.15) is 6.23 Å². The van der Waals surface area contributed by atoms with E-state index in [0.29, 0.717) is 0 Å². The first-order chi connectivity index (χ1) is 5.81. The van der Waals surface area contributed by atoms with Crippen LogP contribution in [-0.2, 0) is 9.47 Å². The maximum Gasteiger partial charge on any atom is 0.160 e. The number of hydrogen-bond donors (Lipinski definition) is 2. The highest BCUT2D eigenvalue weighted by molar-refractivity contribution is 5.01. The molecule has 2 N–H and O–H groups in total. The lowest BCUT2D eigenvalue weighted by Crippen LogP contribution is -2.61. The maximum absolute atomic E-state index is 5.35. The van der Waals surface area contributed by atoms with Gasteiger partial charge < -0.3 is 9.47 Å². The molecule has 2 rings (SSSR count). The molecule has 0 amide bonds. The van der Waals surface area contributed by atoms with Crippen molar-refractivity contribution >= 4 is 0 Å². The van der Waals surface area contributed by atoms with Crippen LogP contribution >= 0.6 is 0 Å². The maximum atomic E-state index is 5.35. The van der Waals surface area contributed by atoms with Crippen LogP contribution in [0.4, 0.5) is 0 Å². The molecule has 2 heterocycles.